The highest BCUT2D eigenvalue weighted by Crippen LogP contribution is 2.36. The minimum absolute atomic E-state index is 0.113. The summed E-state index contributed by atoms with van der Waals surface area (Å²) in [5.41, 5.74) is 0.0884. The van der Waals surface area contributed by atoms with Crippen LogP contribution in [0.15, 0.2) is 27.9 Å². The topological polar surface area (TPSA) is 81.1 Å². The maximum Gasteiger partial charge on any atom is 0.288 e. The fraction of sp³-hybridized carbons (Fsp3) is 0.385. The van der Waals surface area contributed by atoms with Gasteiger partial charge in [-0.05, 0) is 38.0 Å². The lowest BCUT2D eigenvalue weighted by molar-refractivity contribution is 0.558. The van der Waals surface area contributed by atoms with Crippen LogP contribution in [0.25, 0.3) is 11.0 Å². The summed E-state index contributed by atoms with van der Waals surface area (Å²) < 4.78 is 28.7. The lowest BCUT2D eigenvalue weighted by Gasteiger charge is -2.13. The van der Waals surface area contributed by atoms with Crippen molar-refractivity contribution in [2.75, 3.05) is 0 Å². The monoisotopic (exact) mass is 327 g/mol. The maximum absolute atomic E-state index is 12.3. The number of benzene rings is 1. The predicted octanol–water partition coefficient (Wildman–Crippen LogP) is 1.42. The Kier molecular flexibility index (Phi) is 3.12. The van der Waals surface area contributed by atoms with Crippen molar-refractivity contribution in [1.82, 2.24) is 14.3 Å². The molecular formula is C13H14ClN3O3S. The molecule has 1 fully saturated rings. The average Bonchev–Trinajstić information content (AvgIpc) is 3.12. The van der Waals surface area contributed by atoms with E-state index in [1.165, 1.54) is 23.7 Å². The van der Waals surface area contributed by atoms with Gasteiger partial charge >= 0.3 is 0 Å². The number of hydrogen-bond donors (Lipinski definition) is 1. The molecule has 1 aliphatic rings. The molecule has 1 aromatic carbocycles. The SMILES string of the molecule is Cn1c(=O)c(Cl)nc2ccc(S(=O)(=O)NC3(C)CC3)cc21. The lowest BCUT2D eigenvalue weighted by atomic mass is 10.3. The van der Waals surface area contributed by atoms with Crippen LogP contribution >= 0.6 is 11.6 Å². The van der Waals surface area contributed by atoms with Crippen molar-refractivity contribution >= 4 is 32.7 Å². The number of aromatic nitrogens is 2. The summed E-state index contributed by atoms with van der Waals surface area (Å²) in [6, 6.07) is 4.45. The highest BCUT2D eigenvalue weighted by Gasteiger charge is 2.41. The number of aryl methyl sites for hydroxylation is 1. The molecule has 1 saturated carbocycles. The van der Waals surface area contributed by atoms with Gasteiger partial charge in [0.15, 0.2) is 5.15 Å². The molecule has 0 aliphatic heterocycles. The summed E-state index contributed by atoms with van der Waals surface area (Å²) in [6.45, 7) is 1.86. The van der Waals surface area contributed by atoms with E-state index < -0.39 is 15.6 Å². The Morgan fingerprint density at radius 3 is 2.67 bits per heavy atom. The van der Waals surface area contributed by atoms with E-state index >= 15 is 0 Å². The summed E-state index contributed by atoms with van der Waals surface area (Å²) >= 11 is 5.74. The van der Waals surface area contributed by atoms with Gasteiger partial charge in [0.2, 0.25) is 10.0 Å². The van der Waals surface area contributed by atoms with Crippen LogP contribution in [-0.2, 0) is 17.1 Å². The van der Waals surface area contributed by atoms with Crippen molar-refractivity contribution < 1.29 is 8.42 Å². The molecule has 6 nitrogen and oxygen atoms in total. The zero-order chi connectivity index (χ0) is 15.4. The molecule has 0 spiro atoms. The first-order chi connectivity index (χ1) is 9.72. The van der Waals surface area contributed by atoms with Crippen molar-refractivity contribution in [1.29, 1.82) is 0 Å². The van der Waals surface area contributed by atoms with Gasteiger partial charge in [0.05, 0.1) is 15.9 Å². The normalized spacial score (nSPS) is 17.1. The lowest BCUT2D eigenvalue weighted by Crippen LogP contribution is -2.34. The molecule has 1 aromatic heterocycles. The largest absolute Gasteiger partial charge is 0.307 e. The molecule has 3 rings (SSSR count). The second kappa shape index (κ2) is 4.53. The van der Waals surface area contributed by atoms with Crippen LogP contribution < -0.4 is 10.3 Å². The van der Waals surface area contributed by atoms with Crippen molar-refractivity contribution in [2.45, 2.75) is 30.2 Å². The molecule has 2 aromatic rings. The molecule has 112 valence electrons. The van der Waals surface area contributed by atoms with E-state index in [2.05, 4.69) is 9.71 Å². The smallest absolute Gasteiger partial charge is 0.288 e. The third kappa shape index (κ3) is 2.56. The number of sulfonamides is 1. The van der Waals surface area contributed by atoms with Gasteiger partial charge in [-0.1, -0.05) is 11.6 Å². The molecule has 1 aliphatic carbocycles. The molecule has 21 heavy (non-hydrogen) atoms. The summed E-state index contributed by atoms with van der Waals surface area (Å²) in [4.78, 5) is 15.9. The van der Waals surface area contributed by atoms with Gasteiger partial charge < -0.3 is 4.57 Å². The van der Waals surface area contributed by atoms with E-state index in [4.69, 9.17) is 11.6 Å². The van der Waals surface area contributed by atoms with E-state index in [0.29, 0.717) is 11.0 Å². The van der Waals surface area contributed by atoms with Crippen molar-refractivity contribution in [3.05, 3.63) is 33.7 Å². The molecule has 1 N–H and O–H groups in total. The predicted molar refractivity (Wildman–Crippen MR) is 80.0 cm³/mol. The molecule has 0 unspecified atom stereocenters. The second-order valence-electron chi connectivity index (χ2n) is 5.58. The fourth-order valence-corrected chi connectivity index (χ4v) is 3.81. The first-order valence-electron chi connectivity index (χ1n) is 6.42. The molecule has 0 saturated heterocycles. The van der Waals surface area contributed by atoms with Gasteiger partial charge in [0.1, 0.15) is 0 Å². The summed E-state index contributed by atoms with van der Waals surface area (Å²) in [5.74, 6) is 0. The Bertz CT molecular complexity index is 901. The third-order valence-corrected chi connectivity index (χ3v) is 5.58. The van der Waals surface area contributed by atoms with Crippen molar-refractivity contribution in [3.8, 4) is 0 Å². The Morgan fingerprint density at radius 1 is 1.38 bits per heavy atom. The summed E-state index contributed by atoms with van der Waals surface area (Å²) in [6.07, 6.45) is 1.66. The van der Waals surface area contributed by atoms with Crippen LogP contribution in [0.1, 0.15) is 19.8 Å². The van der Waals surface area contributed by atoms with Gasteiger partial charge in [0.25, 0.3) is 5.56 Å². The molecule has 0 bridgehead atoms. The van der Waals surface area contributed by atoms with Gasteiger partial charge in [0, 0.05) is 12.6 Å². The third-order valence-electron chi connectivity index (χ3n) is 3.70. The van der Waals surface area contributed by atoms with E-state index in [-0.39, 0.29) is 15.6 Å². The van der Waals surface area contributed by atoms with E-state index in [1.807, 2.05) is 6.92 Å². The maximum atomic E-state index is 12.3. The number of halogens is 1. The van der Waals surface area contributed by atoms with Crippen molar-refractivity contribution in [2.24, 2.45) is 7.05 Å². The van der Waals surface area contributed by atoms with Crippen LogP contribution in [0.4, 0.5) is 0 Å². The van der Waals surface area contributed by atoms with E-state index in [1.54, 1.807) is 6.07 Å². The Balaban J connectivity index is 2.15. The highest BCUT2D eigenvalue weighted by atomic mass is 35.5. The minimum atomic E-state index is -3.61. The Labute approximate surface area is 126 Å². The first kappa shape index (κ1) is 14.5. The number of rotatable bonds is 3. The van der Waals surface area contributed by atoms with Gasteiger partial charge in [-0.2, -0.15) is 0 Å². The second-order valence-corrected chi connectivity index (χ2v) is 7.62. The summed E-state index contributed by atoms with van der Waals surface area (Å²) in [5, 5.41) is -0.135. The molecule has 0 radical (unpaired) electrons. The van der Waals surface area contributed by atoms with Crippen LogP contribution in [-0.4, -0.2) is 23.5 Å². The minimum Gasteiger partial charge on any atom is -0.307 e. The van der Waals surface area contributed by atoms with E-state index in [9.17, 15) is 13.2 Å². The van der Waals surface area contributed by atoms with Crippen molar-refractivity contribution in [3.63, 3.8) is 0 Å². The van der Waals surface area contributed by atoms with Gasteiger partial charge in [-0.25, -0.2) is 18.1 Å². The molecule has 1 heterocycles. The quantitative estimate of drug-likeness (QED) is 0.924. The van der Waals surface area contributed by atoms with Crippen LogP contribution in [0.2, 0.25) is 5.15 Å². The Morgan fingerprint density at radius 2 is 2.05 bits per heavy atom. The number of hydrogen-bond acceptors (Lipinski definition) is 4. The van der Waals surface area contributed by atoms with Crippen LogP contribution in [0, 0.1) is 0 Å². The highest BCUT2D eigenvalue weighted by molar-refractivity contribution is 7.89. The molecule has 0 atom stereocenters. The molecule has 8 heteroatoms. The Hall–Kier alpha value is -1.44. The van der Waals surface area contributed by atoms with Crippen LogP contribution in [0.3, 0.4) is 0 Å². The zero-order valence-corrected chi connectivity index (χ0v) is 13.1. The zero-order valence-electron chi connectivity index (χ0n) is 11.6. The van der Waals surface area contributed by atoms with Gasteiger partial charge in [-0.3, -0.25) is 4.79 Å². The fourth-order valence-electron chi connectivity index (χ4n) is 2.11. The van der Waals surface area contributed by atoms with Gasteiger partial charge in [-0.15, -0.1) is 0 Å². The number of fused-ring (bicyclic) bond motifs is 1. The standard InChI is InChI=1S/C13H14ClN3O3S/c1-13(5-6-13)16-21(19,20)8-3-4-9-10(7-8)17(2)12(18)11(14)15-9/h3-4,7,16H,5-6H2,1-2H3. The van der Waals surface area contributed by atoms with E-state index in [0.717, 1.165) is 12.8 Å². The molecular weight excluding hydrogens is 314 g/mol. The first-order valence-corrected chi connectivity index (χ1v) is 8.28. The summed E-state index contributed by atoms with van der Waals surface area (Å²) in [7, 11) is -2.08. The number of nitrogens with one attached hydrogen (secondary N) is 1. The average molecular weight is 328 g/mol. The number of nitrogens with zero attached hydrogens (tertiary/aromatic N) is 2. The molecule has 0 amide bonds. The van der Waals surface area contributed by atoms with Crippen LogP contribution in [0.5, 0.6) is 0 Å².